The van der Waals surface area contributed by atoms with E-state index >= 15 is 0 Å². The van der Waals surface area contributed by atoms with Crippen molar-refractivity contribution in [1.82, 2.24) is 5.32 Å². The highest BCUT2D eigenvalue weighted by atomic mass is 16.3. The molecule has 2 aliphatic carbocycles. The Bertz CT molecular complexity index is 200. The van der Waals surface area contributed by atoms with Gasteiger partial charge in [-0.2, -0.15) is 0 Å². The lowest BCUT2D eigenvalue weighted by Crippen LogP contribution is -2.40. The molecule has 4 atom stereocenters. The van der Waals surface area contributed by atoms with Gasteiger partial charge in [-0.1, -0.05) is 12.8 Å². The molecule has 0 aromatic carbocycles. The Labute approximate surface area is 86.1 Å². The molecule has 1 aliphatic heterocycles. The van der Waals surface area contributed by atoms with Gasteiger partial charge in [0.05, 0.1) is 6.10 Å². The molecule has 14 heavy (non-hydrogen) atoms. The summed E-state index contributed by atoms with van der Waals surface area (Å²) in [5.41, 5.74) is 0. The fraction of sp³-hybridized carbons (Fsp3) is 1.00. The van der Waals surface area contributed by atoms with Crippen molar-refractivity contribution in [3.05, 3.63) is 0 Å². The van der Waals surface area contributed by atoms with Crippen LogP contribution in [0, 0.1) is 11.8 Å². The predicted octanol–water partition coefficient (Wildman–Crippen LogP) is 1.68. The van der Waals surface area contributed by atoms with Gasteiger partial charge in [0.25, 0.3) is 0 Å². The number of aliphatic hydroxyl groups is 1. The molecule has 0 spiro atoms. The zero-order chi connectivity index (χ0) is 9.54. The van der Waals surface area contributed by atoms with Crippen LogP contribution in [0.3, 0.4) is 0 Å². The van der Waals surface area contributed by atoms with Crippen LogP contribution in [0.4, 0.5) is 0 Å². The fourth-order valence-corrected chi connectivity index (χ4v) is 3.38. The molecule has 0 aromatic heterocycles. The number of aliphatic hydroxyl groups excluding tert-OH is 1. The van der Waals surface area contributed by atoms with E-state index in [1.54, 1.807) is 0 Å². The highest BCUT2D eigenvalue weighted by Gasteiger charge is 2.42. The molecule has 0 aromatic rings. The SMILES string of the molecule is OC(C1CC1)C1CC2CCCCC2N1. The molecule has 3 aliphatic rings. The van der Waals surface area contributed by atoms with Crippen LogP contribution >= 0.6 is 0 Å². The summed E-state index contributed by atoms with van der Waals surface area (Å²) in [6.45, 7) is 0. The summed E-state index contributed by atoms with van der Waals surface area (Å²) < 4.78 is 0. The van der Waals surface area contributed by atoms with Crippen LogP contribution in [0.25, 0.3) is 0 Å². The number of hydrogen-bond donors (Lipinski definition) is 2. The first-order valence-corrected chi connectivity index (χ1v) is 6.29. The molecule has 80 valence electrons. The van der Waals surface area contributed by atoms with Crippen LogP contribution < -0.4 is 5.32 Å². The number of nitrogens with one attached hydrogen (secondary N) is 1. The lowest BCUT2D eigenvalue weighted by atomic mass is 9.84. The van der Waals surface area contributed by atoms with Crippen LogP contribution in [0.15, 0.2) is 0 Å². The van der Waals surface area contributed by atoms with Gasteiger partial charge in [-0.15, -0.1) is 0 Å². The van der Waals surface area contributed by atoms with Gasteiger partial charge in [-0.3, -0.25) is 0 Å². The maximum absolute atomic E-state index is 10.1. The van der Waals surface area contributed by atoms with E-state index in [1.165, 1.54) is 44.9 Å². The minimum atomic E-state index is -0.0411. The van der Waals surface area contributed by atoms with Crippen molar-refractivity contribution in [3.8, 4) is 0 Å². The van der Waals surface area contributed by atoms with Crippen molar-refractivity contribution in [2.24, 2.45) is 11.8 Å². The standard InChI is InChI=1S/C12H21NO/c14-12(8-5-6-8)11-7-9-3-1-2-4-10(9)13-11/h8-14H,1-7H2. The third-order valence-electron chi connectivity index (χ3n) is 4.41. The number of rotatable bonds is 2. The normalized spacial score (nSPS) is 44.8. The topological polar surface area (TPSA) is 32.3 Å². The van der Waals surface area contributed by atoms with E-state index in [-0.39, 0.29) is 6.10 Å². The Balaban J connectivity index is 1.61. The first-order chi connectivity index (χ1) is 6.84. The van der Waals surface area contributed by atoms with Crippen molar-refractivity contribution in [1.29, 1.82) is 0 Å². The first-order valence-electron chi connectivity index (χ1n) is 6.29. The zero-order valence-corrected chi connectivity index (χ0v) is 8.78. The van der Waals surface area contributed by atoms with Crippen LogP contribution in [0.1, 0.15) is 44.9 Å². The predicted molar refractivity (Wildman–Crippen MR) is 56.0 cm³/mol. The third kappa shape index (κ3) is 1.59. The number of fused-ring (bicyclic) bond motifs is 1. The fourth-order valence-electron chi connectivity index (χ4n) is 3.38. The lowest BCUT2D eigenvalue weighted by Gasteiger charge is -2.24. The molecule has 3 fully saturated rings. The van der Waals surface area contributed by atoms with Gasteiger partial charge < -0.3 is 10.4 Å². The minimum absolute atomic E-state index is 0.0411. The Morgan fingerprint density at radius 2 is 1.86 bits per heavy atom. The van der Waals surface area contributed by atoms with Gasteiger partial charge in [-0.25, -0.2) is 0 Å². The van der Waals surface area contributed by atoms with E-state index in [0.717, 1.165) is 12.0 Å². The second-order valence-electron chi connectivity index (χ2n) is 5.49. The molecule has 0 radical (unpaired) electrons. The molecule has 2 N–H and O–H groups in total. The molecule has 1 saturated heterocycles. The van der Waals surface area contributed by atoms with Crippen molar-refractivity contribution in [3.63, 3.8) is 0 Å². The lowest BCUT2D eigenvalue weighted by molar-refractivity contribution is 0.111. The largest absolute Gasteiger partial charge is 0.391 e. The van der Waals surface area contributed by atoms with Gasteiger partial charge in [0.15, 0.2) is 0 Å². The summed E-state index contributed by atoms with van der Waals surface area (Å²) >= 11 is 0. The molecule has 3 rings (SSSR count). The quantitative estimate of drug-likeness (QED) is 0.702. The molecule has 0 amide bonds. The molecular formula is C12H21NO. The summed E-state index contributed by atoms with van der Waals surface area (Å²) in [7, 11) is 0. The molecule has 0 bridgehead atoms. The Hall–Kier alpha value is -0.0800. The van der Waals surface area contributed by atoms with Crippen molar-refractivity contribution in [2.45, 2.75) is 63.1 Å². The second-order valence-corrected chi connectivity index (χ2v) is 5.49. The van der Waals surface area contributed by atoms with E-state index < -0.39 is 0 Å². The average Bonchev–Trinajstić information content (AvgIpc) is 2.95. The summed E-state index contributed by atoms with van der Waals surface area (Å²) in [5, 5.41) is 13.7. The van der Waals surface area contributed by atoms with Gasteiger partial charge in [0.2, 0.25) is 0 Å². The van der Waals surface area contributed by atoms with E-state index in [2.05, 4.69) is 5.32 Å². The van der Waals surface area contributed by atoms with Gasteiger partial charge in [0, 0.05) is 12.1 Å². The number of hydrogen-bond acceptors (Lipinski definition) is 2. The molecule has 1 heterocycles. The Morgan fingerprint density at radius 3 is 2.57 bits per heavy atom. The van der Waals surface area contributed by atoms with E-state index in [9.17, 15) is 5.11 Å². The zero-order valence-electron chi connectivity index (χ0n) is 8.78. The third-order valence-corrected chi connectivity index (χ3v) is 4.41. The van der Waals surface area contributed by atoms with Crippen LogP contribution in [-0.2, 0) is 0 Å². The molecule has 2 heteroatoms. The Kier molecular flexibility index (Phi) is 2.29. The molecule has 2 nitrogen and oxygen atoms in total. The van der Waals surface area contributed by atoms with Crippen LogP contribution in [0.5, 0.6) is 0 Å². The first kappa shape index (κ1) is 9.17. The second kappa shape index (κ2) is 3.49. The van der Waals surface area contributed by atoms with E-state index in [4.69, 9.17) is 0 Å². The Morgan fingerprint density at radius 1 is 1.07 bits per heavy atom. The van der Waals surface area contributed by atoms with Crippen LogP contribution in [0.2, 0.25) is 0 Å². The summed E-state index contributed by atoms with van der Waals surface area (Å²) in [6.07, 6.45) is 9.26. The minimum Gasteiger partial charge on any atom is -0.391 e. The summed E-state index contributed by atoms with van der Waals surface area (Å²) in [4.78, 5) is 0. The van der Waals surface area contributed by atoms with Crippen molar-refractivity contribution >= 4 is 0 Å². The van der Waals surface area contributed by atoms with Crippen LogP contribution in [-0.4, -0.2) is 23.3 Å². The van der Waals surface area contributed by atoms with Gasteiger partial charge in [0.1, 0.15) is 0 Å². The van der Waals surface area contributed by atoms with Gasteiger partial charge >= 0.3 is 0 Å². The van der Waals surface area contributed by atoms with Crippen molar-refractivity contribution < 1.29 is 5.11 Å². The molecule has 4 unspecified atom stereocenters. The maximum atomic E-state index is 10.1. The smallest absolute Gasteiger partial charge is 0.0721 e. The summed E-state index contributed by atoms with van der Waals surface area (Å²) in [5.74, 6) is 1.51. The average molecular weight is 195 g/mol. The summed E-state index contributed by atoms with van der Waals surface area (Å²) in [6, 6.07) is 1.16. The highest BCUT2D eigenvalue weighted by molar-refractivity contribution is 4.99. The highest BCUT2D eigenvalue weighted by Crippen LogP contribution is 2.40. The van der Waals surface area contributed by atoms with E-state index in [1.807, 2.05) is 0 Å². The molecule has 2 saturated carbocycles. The van der Waals surface area contributed by atoms with Gasteiger partial charge in [-0.05, 0) is 43.9 Å². The molecular weight excluding hydrogens is 174 g/mol. The monoisotopic (exact) mass is 195 g/mol. The van der Waals surface area contributed by atoms with Crippen molar-refractivity contribution in [2.75, 3.05) is 0 Å². The van der Waals surface area contributed by atoms with E-state index in [0.29, 0.717) is 12.0 Å². The maximum Gasteiger partial charge on any atom is 0.0721 e.